The van der Waals surface area contributed by atoms with Crippen molar-refractivity contribution in [2.24, 2.45) is 0 Å². The van der Waals surface area contributed by atoms with Crippen LogP contribution in [0.3, 0.4) is 0 Å². The van der Waals surface area contributed by atoms with Crippen LogP contribution in [0, 0.1) is 0 Å². The van der Waals surface area contributed by atoms with Crippen LogP contribution < -0.4 is 15.5 Å². The largest absolute Gasteiger partial charge is 0.368 e. The Hall–Kier alpha value is -4.83. The summed E-state index contributed by atoms with van der Waals surface area (Å²) in [6.07, 6.45) is 5.01. The van der Waals surface area contributed by atoms with E-state index in [1.807, 2.05) is 66.4 Å². The molecule has 10 heteroatoms. The summed E-state index contributed by atoms with van der Waals surface area (Å²) in [4.78, 5) is 43.7. The predicted octanol–water partition coefficient (Wildman–Crippen LogP) is 3.74. The first-order chi connectivity index (χ1) is 19.4. The van der Waals surface area contributed by atoms with Crippen LogP contribution in [0.4, 0.5) is 23.0 Å². The third kappa shape index (κ3) is 6.78. The van der Waals surface area contributed by atoms with Gasteiger partial charge in [0.05, 0.1) is 17.8 Å². The molecule has 4 aromatic rings. The summed E-state index contributed by atoms with van der Waals surface area (Å²) in [6, 6.07) is 21.2. The second-order valence-corrected chi connectivity index (χ2v) is 9.82. The number of amides is 2. The van der Waals surface area contributed by atoms with Crippen molar-refractivity contribution >= 4 is 34.8 Å². The quantitative estimate of drug-likeness (QED) is 0.351. The van der Waals surface area contributed by atoms with Gasteiger partial charge in [-0.3, -0.25) is 14.6 Å². The Balaban J connectivity index is 1.16. The number of rotatable bonds is 8. The number of likely N-dealkylation sites (N-methyl/N-ethyl adjacent to an activating group) is 1. The fourth-order valence-corrected chi connectivity index (χ4v) is 4.52. The van der Waals surface area contributed by atoms with Crippen molar-refractivity contribution in [3.8, 4) is 11.3 Å². The molecule has 204 valence electrons. The zero-order chi connectivity index (χ0) is 27.9. The van der Waals surface area contributed by atoms with E-state index in [0.717, 1.165) is 41.4 Å². The molecule has 1 aliphatic heterocycles. The Labute approximate surface area is 233 Å². The average Bonchev–Trinajstić information content (AvgIpc) is 2.98. The van der Waals surface area contributed by atoms with Crippen LogP contribution in [0.1, 0.15) is 10.4 Å². The van der Waals surface area contributed by atoms with Gasteiger partial charge in [-0.15, -0.1) is 0 Å². The highest BCUT2D eigenvalue weighted by atomic mass is 16.2. The lowest BCUT2D eigenvalue weighted by Gasteiger charge is -2.36. The third-order valence-corrected chi connectivity index (χ3v) is 6.54. The SMILES string of the molecule is CN(C)CC(=O)Nc1ccc(-c2ccnc(Nc3ccc(N4CCN(C(=O)c5cccnc5)CC4)cc3)n2)cc1. The highest BCUT2D eigenvalue weighted by Gasteiger charge is 2.22. The summed E-state index contributed by atoms with van der Waals surface area (Å²) in [6.45, 7) is 3.19. The van der Waals surface area contributed by atoms with Crippen molar-refractivity contribution in [3.63, 3.8) is 0 Å². The standard InChI is InChI=1S/C30H32N8O2/c1-36(2)21-28(39)33-24-7-5-22(6-8-24)27-13-15-32-30(35-27)34-25-9-11-26(12-10-25)37-16-18-38(19-17-37)29(40)23-4-3-14-31-20-23/h3-15,20H,16-19,21H2,1-2H3,(H,33,39)(H,32,34,35). The maximum Gasteiger partial charge on any atom is 0.255 e. The first-order valence-corrected chi connectivity index (χ1v) is 13.1. The summed E-state index contributed by atoms with van der Waals surface area (Å²) in [5.74, 6) is 0.462. The first-order valence-electron chi connectivity index (χ1n) is 13.1. The van der Waals surface area contributed by atoms with Gasteiger partial charge in [-0.1, -0.05) is 12.1 Å². The minimum absolute atomic E-state index is 0.0252. The first kappa shape index (κ1) is 26.8. The van der Waals surface area contributed by atoms with Crippen molar-refractivity contribution in [1.29, 1.82) is 0 Å². The van der Waals surface area contributed by atoms with Crippen LogP contribution >= 0.6 is 0 Å². The fraction of sp³-hybridized carbons (Fsp3) is 0.233. The van der Waals surface area contributed by atoms with Crippen molar-refractivity contribution in [2.75, 3.05) is 62.4 Å². The second-order valence-electron chi connectivity index (χ2n) is 9.82. The Morgan fingerprint density at radius 1 is 0.875 bits per heavy atom. The Morgan fingerprint density at radius 2 is 1.60 bits per heavy atom. The number of benzene rings is 2. The molecule has 0 bridgehead atoms. The van der Waals surface area contributed by atoms with Crippen molar-refractivity contribution < 1.29 is 9.59 Å². The predicted molar refractivity (Wildman–Crippen MR) is 157 cm³/mol. The van der Waals surface area contributed by atoms with Crippen LogP contribution in [-0.2, 0) is 4.79 Å². The van der Waals surface area contributed by atoms with Gasteiger partial charge in [0, 0.05) is 67.4 Å². The molecule has 2 aromatic carbocycles. The van der Waals surface area contributed by atoms with Gasteiger partial charge in [-0.25, -0.2) is 9.97 Å². The van der Waals surface area contributed by atoms with E-state index < -0.39 is 0 Å². The number of hydrogen-bond donors (Lipinski definition) is 2. The molecule has 0 saturated carbocycles. The number of anilines is 4. The molecule has 0 radical (unpaired) electrons. The van der Waals surface area contributed by atoms with E-state index in [1.54, 1.807) is 30.7 Å². The van der Waals surface area contributed by atoms with Crippen LogP contribution in [-0.4, -0.2) is 83.4 Å². The molecular formula is C30H32N8O2. The van der Waals surface area contributed by atoms with E-state index in [9.17, 15) is 9.59 Å². The lowest BCUT2D eigenvalue weighted by molar-refractivity contribution is -0.116. The lowest BCUT2D eigenvalue weighted by atomic mass is 10.1. The summed E-state index contributed by atoms with van der Waals surface area (Å²) < 4.78 is 0. The van der Waals surface area contributed by atoms with E-state index in [4.69, 9.17) is 0 Å². The van der Waals surface area contributed by atoms with Crippen molar-refractivity contribution in [1.82, 2.24) is 24.8 Å². The number of carbonyl (C=O) groups excluding carboxylic acids is 2. The molecule has 1 saturated heterocycles. The number of aromatic nitrogens is 3. The Kier molecular flexibility index (Phi) is 8.26. The Bertz CT molecular complexity index is 1440. The number of nitrogens with one attached hydrogen (secondary N) is 2. The number of hydrogen-bond acceptors (Lipinski definition) is 8. The molecule has 0 spiro atoms. The van der Waals surface area contributed by atoms with Crippen LogP contribution in [0.2, 0.25) is 0 Å². The zero-order valence-corrected chi connectivity index (χ0v) is 22.6. The van der Waals surface area contributed by atoms with Crippen molar-refractivity contribution in [2.45, 2.75) is 0 Å². The molecule has 2 aromatic heterocycles. The Morgan fingerprint density at radius 3 is 2.27 bits per heavy atom. The number of piperazine rings is 1. The number of pyridine rings is 1. The highest BCUT2D eigenvalue weighted by Crippen LogP contribution is 2.24. The second kappa shape index (κ2) is 12.4. The zero-order valence-electron chi connectivity index (χ0n) is 22.6. The topological polar surface area (TPSA) is 107 Å². The average molecular weight is 537 g/mol. The fourth-order valence-electron chi connectivity index (χ4n) is 4.52. The monoisotopic (exact) mass is 536 g/mol. The van der Waals surface area contributed by atoms with Crippen LogP contribution in [0.15, 0.2) is 85.3 Å². The van der Waals surface area contributed by atoms with E-state index in [2.05, 4.69) is 42.6 Å². The number of carbonyl (C=O) groups is 2. The maximum atomic E-state index is 12.7. The highest BCUT2D eigenvalue weighted by molar-refractivity contribution is 5.94. The molecule has 10 nitrogen and oxygen atoms in total. The van der Waals surface area contributed by atoms with Crippen LogP contribution in [0.25, 0.3) is 11.3 Å². The lowest BCUT2D eigenvalue weighted by Crippen LogP contribution is -2.48. The normalized spacial score (nSPS) is 13.3. The van der Waals surface area contributed by atoms with Crippen LogP contribution in [0.5, 0.6) is 0 Å². The summed E-state index contributed by atoms with van der Waals surface area (Å²) in [5, 5.41) is 6.17. The van der Waals surface area contributed by atoms with Gasteiger partial charge >= 0.3 is 0 Å². The minimum Gasteiger partial charge on any atom is -0.368 e. The third-order valence-electron chi connectivity index (χ3n) is 6.54. The minimum atomic E-state index is -0.0597. The summed E-state index contributed by atoms with van der Waals surface area (Å²) in [5.41, 5.74) is 5.05. The smallest absolute Gasteiger partial charge is 0.255 e. The molecule has 5 rings (SSSR count). The molecule has 1 aliphatic rings. The molecule has 2 amide bonds. The van der Waals surface area contributed by atoms with E-state index in [0.29, 0.717) is 31.1 Å². The molecule has 0 unspecified atom stereocenters. The van der Waals surface area contributed by atoms with Gasteiger partial charge in [0.25, 0.3) is 5.91 Å². The maximum absolute atomic E-state index is 12.7. The van der Waals surface area contributed by atoms with E-state index in [-0.39, 0.29) is 11.8 Å². The van der Waals surface area contributed by atoms with E-state index in [1.165, 1.54) is 0 Å². The van der Waals surface area contributed by atoms with E-state index >= 15 is 0 Å². The molecular weight excluding hydrogens is 504 g/mol. The molecule has 0 atom stereocenters. The summed E-state index contributed by atoms with van der Waals surface area (Å²) in [7, 11) is 3.71. The molecule has 1 fully saturated rings. The van der Waals surface area contributed by atoms with Gasteiger partial charge in [0.1, 0.15) is 0 Å². The van der Waals surface area contributed by atoms with Gasteiger partial charge in [-0.05, 0) is 68.7 Å². The van der Waals surface area contributed by atoms with Gasteiger partial charge in [-0.2, -0.15) is 0 Å². The molecule has 2 N–H and O–H groups in total. The van der Waals surface area contributed by atoms with Gasteiger partial charge < -0.3 is 25.3 Å². The molecule has 0 aliphatic carbocycles. The van der Waals surface area contributed by atoms with Gasteiger partial charge in [0.15, 0.2) is 0 Å². The van der Waals surface area contributed by atoms with Crippen molar-refractivity contribution in [3.05, 3.63) is 90.9 Å². The molecule has 3 heterocycles. The molecule has 40 heavy (non-hydrogen) atoms. The number of nitrogens with zero attached hydrogens (tertiary/aromatic N) is 6. The summed E-state index contributed by atoms with van der Waals surface area (Å²) >= 11 is 0. The van der Waals surface area contributed by atoms with Gasteiger partial charge in [0.2, 0.25) is 11.9 Å².